The van der Waals surface area contributed by atoms with Crippen LogP contribution in [0.3, 0.4) is 0 Å². The largest absolute Gasteiger partial charge is 0.472 e. The van der Waals surface area contributed by atoms with Crippen LogP contribution in [0.15, 0.2) is 23.0 Å². The molecule has 2 heterocycles. The predicted molar refractivity (Wildman–Crippen MR) is 107 cm³/mol. The summed E-state index contributed by atoms with van der Waals surface area (Å²) in [5.74, 6) is -1.62. The second-order valence-electron chi connectivity index (χ2n) is 9.55. The molecule has 3 aliphatic rings. The number of cyclic esters (lactones) is 1. The van der Waals surface area contributed by atoms with Gasteiger partial charge in [-0.25, -0.2) is 0 Å². The van der Waals surface area contributed by atoms with Crippen molar-refractivity contribution in [2.75, 3.05) is 13.7 Å². The number of hydrogen-bond donors (Lipinski definition) is 1. The number of rotatable bonds is 4. The van der Waals surface area contributed by atoms with E-state index < -0.39 is 34.8 Å². The molecule has 1 saturated heterocycles. The zero-order valence-electron chi connectivity index (χ0n) is 18.1. The lowest BCUT2D eigenvalue weighted by Crippen LogP contribution is -2.66. The Bertz CT molecular complexity index is 835. The highest BCUT2D eigenvalue weighted by molar-refractivity contribution is 5.92. The molecule has 1 unspecified atom stereocenters. The summed E-state index contributed by atoms with van der Waals surface area (Å²) in [6.07, 6.45) is 4.88. The maximum atomic E-state index is 13.8. The molecule has 30 heavy (non-hydrogen) atoms. The third kappa shape index (κ3) is 3.01. The normalized spacial score (nSPS) is 40.9. The number of hydrogen-bond acceptors (Lipinski definition) is 7. The number of methoxy groups -OCH3 is 1. The summed E-state index contributed by atoms with van der Waals surface area (Å²) in [5.41, 5.74) is -0.368. The van der Waals surface area contributed by atoms with E-state index >= 15 is 0 Å². The Hall–Kier alpha value is -2.15. The van der Waals surface area contributed by atoms with Crippen LogP contribution in [-0.4, -0.2) is 37.4 Å². The molecule has 1 aromatic heterocycles. The van der Waals surface area contributed by atoms with Crippen LogP contribution in [0.1, 0.15) is 58.1 Å². The van der Waals surface area contributed by atoms with E-state index in [1.165, 1.54) is 7.11 Å². The SMILES string of the molecule is CCN[C@H]1C[C@@H](C(=O)OC)[C@]2(C)CC[C@H]3C(=O)O[C@H](c4ccoc4)C[C@]3(C)C2C1=O. The van der Waals surface area contributed by atoms with Crippen molar-refractivity contribution in [3.63, 3.8) is 0 Å². The summed E-state index contributed by atoms with van der Waals surface area (Å²) in [4.78, 5) is 39.6. The van der Waals surface area contributed by atoms with Crippen molar-refractivity contribution in [2.24, 2.45) is 28.6 Å². The lowest BCUT2D eigenvalue weighted by Gasteiger charge is -2.61. The summed E-state index contributed by atoms with van der Waals surface area (Å²) in [5, 5.41) is 3.27. The quantitative estimate of drug-likeness (QED) is 0.753. The van der Waals surface area contributed by atoms with Crippen LogP contribution in [0.2, 0.25) is 0 Å². The molecule has 1 N–H and O–H groups in total. The number of carbonyl (C=O) groups is 3. The van der Waals surface area contributed by atoms with Crippen molar-refractivity contribution >= 4 is 17.7 Å². The van der Waals surface area contributed by atoms with Gasteiger partial charge in [-0.15, -0.1) is 0 Å². The molecular formula is C23H31NO6. The van der Waals surface area contributed by atoms with E-state index in [4.69, 9.17) is 13.9 Å². The van der Waals surface area contributed by atoms with Crippen molar-refractivity contribution in [1.82, 2.24) is 5.32 Å². The lowest BCUT2D eigenvalue weighted by atomic mass is 9.43. The van der Waals surface area contributed by atoms with Gasteiger partial charge in [-0.3, -0.25) is 14.4 Å². The Kier molecular flexibility index (Phi) is 5.29. The van der Waals surface area contributed by atoms with Gasteiger partial charge >= 0.3 is 11.9 Å². The number of carbonyl (C=O) groups excluding carboxylic acids is 3. The second kappa shape index (κ2) is 7.52. The van der Waals surface area contributed by atoms with Crippen LogP contribution in [0.25, 0.3) is 0 Å². The molecule has 0 bridgehead atoms. The maximum Gasteiger partial charge on any atom is 0.310 e. The van der Waals surface area contributed by atoms with E-state index in [0.717, 1.165) is 5.56 Å². The van der Waals surface area contributed by atoms with Crippen LogP contribution >= 0.6 is 0 Å². The van der Waals surface area contributed by atoms with Crippen molar-refractivity contribution in [3.05, 3.63) is 24.2 Å². The number of Topliss-reactive ketones (excluding diaryl/α,β-unsaturated/α-hetero) is 1. The molecule has 1 aromatic rings. The highest BCUT2D eigenvalue weighted by atomic mass is 16.5. The second-order valence-corrected chi connectivity index (χ2v) is 9.55. The summed E-state index contributed by atoms with van der Waals surface area (Å²) in [6, 6.07) is 1.38. The van der Waals surface area contributed by atoms with Gasteiger partial charge in [0.15, 0.2) is 5.78 Å². The highest BCUT2D eigenvalue weighted by Crippen LogP contribution is 2.64. The number of esters is 2. The van der Waals surface area contributed by atoms with Crippen molar-refractivity contribution in [2.45, 2.75) is 58.6 Å². The first kappa shape index (κ1) is 21.1. The van der Waals surface area contributed by atoms with E-state index in [9.17, 15) is 14.4 Å². The van der Waals surface area contributed by atoms with E-state index in [1.54, 1.807) is 18.6 Å². The zero-order valence-corrected chi connectivity index (χ0v) is 18.1. The average Bonchev–Trinajstić information content (AvgIpc) is 3.23. The lowest BCUT2D eigenvalue weighted by molar-refractivity contribution is -0.203. The van der Waals surface area contributed by atoms with Crippen LogP contribution in [0, 0.1) is 28.6 Å². The van der Waals surface area contributed by atoms with Crippen LogP contribution < -0.4 is 5.32 Å². The van der Waals surface area contributed by atoms with Gasteiger partial charge in [-0.2, -0.15) is 0 Å². The Morgan fingerprint density at radius 1 is 1.30 bits per heavy atom. The molecule has 7 atom stereocenters. The Morgan fingerprint density at radius 3 is 2.70 bits per heavy atom. The number of ketones is 1. The Labute approximate surface area is 176 Å². The van der Waals surface area contributed by atoms with Gasteiger partial charge in [0, 0.05) is 11.5 Å². The monoisotopic (exact) mass is 417 g/mol. The van der Waals surface area contributed by atoms with E-state index in [-0.39, 0.29) is 23.6 Å². The number of likely N-dealkylation sites (N-methyl/N-ethyl adjacent to an activating group) is 1. The van der Waals surface area contributed by atoms with Crippen molar-refractivity contribution in [1.29, 1.82) is 0 Å². The Balaban J connectivity index is 1.79. The first-order valence-electron chi connectivity index (χ1n) is 10.8. The van der Waals surface area contributed by atoms with Gasteiger partial charge in [0.2, 0.25) is 0 Å². The Morgan fingerprint density at radius 2 is 2.07 bits per heavy atom. The average molecular weight is 418 g/mol. The fraction of sp³-hybridized carbons (Fsp3) is 0.696. The summed E-state index contributed by atoms with van der Waals surface area (Å²) in [7, 11) is 1.40. The van der Waals surface area contributed by atoms with E-state index in [1.807, 2.05) is 20.8 Å². The molecule has 2 saturated carbocycles. The van der Waals surface area contributed by atoms with Gasteiger partial charge in [-0.05, 0) is 49.1 Å². The summed E-state index contributed by atoms with van der Waals surface area (Å²) in [6.45, 7) is 6.65. The number of ether oxygens (including phenoxy) is 2. The minimum atomic E-state index is -0.609. The number of furan rings is 1. The first-order valence-corrected chi connectivity index (χ1v) is 10.8. The molecule has 1 aliphatic heterocycles. The molecule has 4 rings (SSSR count). The first-order chi connectivity index (χ1) is 14.3. The molecular weight excluding hydrogens is 386 g/mol. The fourth-order valence-electron chi connectivity index (χ4n) is 6.62. The van der Waals surface area contributed by atoms with E-state index in [2.05, 4.69) is 5.32 Å². The third-order valence-corrected chi connectivity index (χ3v) is 8.00. The smallest absolute Gasteiger partial charge is 0.310 e. The molecule has 0 amide bonds. The van der Waals surface area contributed by atoms with Gasteiger partial charge in [0.1, 0.15) is 6.10 Å². The predicted octanol–water partition coefficient (Wildman–Crippen LogP) is 3.05. The van der Waals surface area contributed by atoms with Gasteiger partial charge in [0.05, 0.1) is 37.5 Å². The topological polar surface area (TPSA) is 94.8 Å². The molecule has 7 heteroatoms. The van der Waals surface area contributed by atoms with E-state index in [0.29, 0.717) is 32.2 Å². The van der Waals surface area contributed by atoms with Crippen LogP contribution in [-0.2, 0) is 23.9 Å². The molecule has 164 valence electrons. The maximum absolute atomic E-state index is 13.8. The summed E-state index contributed by atoms with van der Waals surface area (Å²) >= 11 is 0. The van der Waals surface area contributed by atoms with Crippen LogP contribution in [0.4, 0.5) is 0 Å². The van der Waals surface area contributed by atoms with Crippen LogP contribution in [0.5, 0.6) is 0 Å². The van der Waals surface area contributed by atoms with Gasteiger partial charge in [-0.1, -0.05) is 20.8 Å². The third-order valence-electron chi connectivity index (χ3n) is 8.00. The van der Waals surface area contributed by atoms with Gasteiger partial charge < -0.3 is 19.2 Å². The molecule has 2 aliphatic carbocycles. The van der Waals surface area contributed by atoms with Crippen molar-refractivity contribution < 1.29 is 28.3 Å². The summed E-state index contributed by atoms with van der Waals surface area (Å²) < 4.78 is 16.1. The minimum Gasteiger partial charge on any atom is -0.472 e. The molecule has 7 nitrogen and oxygen atoms in total. The van der Waals surface area contributed by atoms with Crippen molar-refractivity contribution in [3.8, 4) is 0 Å². The molecule has 0 aromatic carbocycles. The zero-order chi connectivity index (χ0) is 21.7. The highest BCUT2D eigenvalue weighted by Gasteiger charge is 2.67. The molecule has 3 fully saturated rings. The fourth-order valence-corrected chi connectivity index (χ4v) is 6.62. The number of nitrogens with one attached hydrogen (secondary N) is 1. The minimum absolute atomic E-state index is 0.104. The molecule has 0 spiro atoms. The molecule has 0 radical (unpaired) electrons. The number of fused-ring (bicyclic) bond motifs is 3. The standard InChI is InChI=1S/C23H31NO6/c1-5-24-16-10-15(20(26)28-4)22(2)8-6-14-21(27)30-17(13-7-9-29-12-13)11-23(14,3)19(22)18(16)25/h7,9,12,14-17,19,24H,5-6,8,10-11H2,1-4H3/t14-,15-,16-,17-,19?,22-,23-/m0/s1. The van der Waals surface area contributed by atoms with Gasteiger partial charge in [0.25, 0.3) is 0 Å².